The molecule has 0 radical (unpaired) electrons. The first-order valence-electron chi connectivity index (χ1n) is 7.58. The van der Waals surface area contributed by atoms with Crippen molar-refractivity contribution in [1.82, 2.24) is 0 Å². The van der Waals surface area contributed by atoms with Crippen molar-refractivity contribution >= 4 is 23.3 Å². The van der Waals surface area contributed by atoms with Crippen LogP contribution in [0, 0.1) is 15.9 Å². The van der Waals surface area contributed by atoms with Crippen LogP contribution in [0.3, 0.4) is 0 Å². The highest BCUT2D eigenvalue weighted by atomic mass is 19.1. The number of nitro benzene ring substituents is 1. The topological polar surface area (TPSA) is 66.7 Å². The van der Waals surface area contributed by atoms with Gasteiger partial charge in [-0.2, -0.15) is 0 Å². The number of para-hydroxylation sites is 1. The van der Waals surface area contributed by atoms with Gasteiger partial charge in [0.25, 0.3) is 5.69 Å². The molecular weight excluding hydrogens is 313 g/mol. The van der Waals surface area contributed by atoms with E-state index in [0.29, 0.717) is 49.4 Å². The molecule has 0 amide bonds. The largest absolute Gasteiger partial charge is 0.367 e. The fourth-order valence-electron chi connectivity index (χ4n) is 2.93. The molecule has 1 fully saturated rings. The van der Waals surface area contributed by atoms with Crippen molar-refractivity contribution in [3.05, 3.63) is 64.0 Å². The zero-order chi connectivity index (χ0) is 17.1. The molecule has 0 saturated carbocycles. The summed E-state index contributed by atoms with van der Waals surface area (Å²) in [4.78, 5) is 25.5. The Morgan fingerprint density at radius 1 is 1.00 bits per heavy atom. The van der Waals surface area contributed by atoms with E-state index in [0.717, 1.165) is 0 Å². The summed E-state index contributed by atoms with van der Waals surface area (Å²) >= 11 is 0. The van der Waals surface area contributed by atoms with E-state index in [-0.39, 0.29) is 11.5 Å². The highest BCUT2D eigenvalue weighted by Crippen LogP contribution is 2.27. The number of carbonyl (C=O) groups is 1. The van der Waals surface area contributed by atoms with E-state index >= 15 is 0 Å². The number of halogens is 1. The molecule has 1 heterocycles. The molecule has 24 heavy (non-hydrogen) atoms. The van der Waals surface area contributed by atoms with Crippen molar-refractivity contribution in [2.75, 3.05) is 36.0 Å². The Morgan fingerprint density at radius 2 is 1.62 bits per heavy atom. The summed E-state index contributed by atoms with van der Waals surface area (Å²) in [6.45, 7) is 2.42. The molecule has 0 N–H and O–H groups in total. The highest BCUT2D eigenvalue weighted by Gasteiger charge is 2.22. The van der Waals surface area contributed by atoms with Gasteiger partial charge in [0.15, 0.2) is 6.29 Å². The molecule has 3 rings (SSSR count). The maximum atomic E-state index is 13.9. The molecule has 0 atom stereocenters. The van der Waals surface area contributed by atoms with Gasteiger partial charge < -0.3 is 9.80 Å². The van der Waals surface area contributed by atoms with E-state index in [1.54, 1.807) is 24.3 Å². The van der Waals surface area contributed by atoms with Crippen LogP contribution < -0.4 is 9.80 Å². The number of anilines is 2. The third-order valence-corrected chi connectivity index (χ3v) is 4.16. The average molecular weight is 329 g/mol. The number of nitrogens with zero attached hydrogens (tertiary/aromatic N) is 3. The Morgan fingerprint density at radius 3 is 2.21 bits per heavy atom. The Balaban J connectivity index is 1.76. The van der Waals surface area contributed by atoms with Gasteiger partial charge in [-0.15, -0.1) is 0 Å². The molecule has 7 heteroatoms. The van der Waals surface area contributed by atoms with Crippen molar-refractivity contribution in [2.45, 2.75) is 0 Å². The summed E-state index contributed by atoms with van der Waals surface area (Å²) in [6.07, 6.45) is 0.631. The zero-order valence-electron chi connectivity index (χ0n) is 12.9. The lowest BCUT2D eigenvalue weighted by atomic mass is 10.1. The second kappa shape index (κ2) is 6.66. The lowest BCUT2D eigenvalue weighted by Gasteiger charge is -2.37. The van der Waals surface area contributed by atoms with Gasteiger partial charge in [0.05, 0.1) is 10.6 Å². The second-order valence-corrected chi connectivity index (χ2v) is 5.54. The van der Waals surface area contributed by atoms with Crippen molar-refractivity contribution in [1.29, 1.82) is 0 Å². The summed E-state index contributed by atoms with van der Waals surface area (Å²) in [5.41, 5.74) is 1.43. The van der Waals surface area contributed by atoms with E-state index in [9.17, 15) is 19.3 Å². The van der Waals surface area contributed by atoms with Gasteiger partial charge in [-0.3, -0.25) is 14.9 Å². The van der Waals surface area contributed by atoms with E-state index in [1.165, 1.54) is 18.2 Å². The number of hydrogen-bond acceptors (Lipinski definition) is 5. The lowest BCUT2D eigenvalue weighted by molar-refractivity contribution is -0.384. The Hall–Kier alpha value is -2.96. The predicted octanol–water partition coefficient (Wildman–Crippen LogP) is 2.87. The van der Waals surface area contributed by atoms with Crippen LogP contribution >= 0.6 is 0 Å². The van der Waals surface area contributed by atoms with Crippen molar-refractivity contribution < 1.29 is 14.1 Å². The number of non-ortho nitro benzene ring substituents is 1. The predicted molar refractivity (Wildman–Crippen MR) is 89.3 cm³/mol. The molecule has 0 unspecified atom stereocenters. The molecular formula is C17H16FN3O3. The lowest BCUT2D eigenvalue weighted by Crippen LogP contribution is -2.47. The molecule has 1 saturated heterocycles. The molecule has 2 aromatic carbocycles. The minimum absolute atomic E-state index is 0.106. The second-order valence-electron chi connectivity index (χ2n) is 5.54. The van der Waals surface area contributed by atoms with Crippen LogP contribution in [0.25, 0.3) is 0 Å². The molecule has 0 spiro atoms. The summed E-state index contributed by atoms with van der Waals surface area (Å²) in [5, 5.41) is 10.8. The van der Waals surface area contributed by atoms with Gasteiger partial charge in [-0.05, 0) is 18.2 Å². The summed E-state index contributed by atoms with van der Waals surface area (Å²) in [6, 6.07) is 10.9. The zero-order valence-corrected chi connectivity index (χ0v) is 12.9. The maximum Gasteiger partial charge on any atom is 0.270 e. The summed E-state index contributed by atoms with van der Waals surface area (Å²) in [7, 11) is 0. The maximum absolute atomic E-state index is 13.9. The van der Waals surface area contributed by atoms with Crippen molar-refractivity contribution in [3.8, 4) is 0 Å². The number of hydrogen-bond donors (Lipinski definition) is 0. The average Bonchev–Trinajstić information content (AvgIpc) is 2.62. The first-order chi connectivity index (χ1) is 11.6. The number of carbonyl (C=O) groups excluding carboxylic acids is 1. The molecule has 6 nitrogen and oxygen atoms in total. The van der Waals surface area contributed by atoms with Crippen LogP contribution in [0.2, 0.25) is 0 Å². The first-order valence-corrected chi connectivity index (χ1v) is 7.58. The van der Waals surface area contributed by atoms with Gasteiger partial charge >= 0.3 is 0 Å². The van der Waals surface area contributed by atoms with Crippen LogP contribution in [0.4, 0.5) is 21.5 Å². The van der Waals surface area contributed by atoms with Gasteiger partial charge in [0.1, 0.15) is 5.82 Å². The monoisotopic (exact) mass is 329 g/mol. The normalized spacial score (nSPS) is 14.5. The third-order valence-electron chi connectivity index (χ3n) is 4.16. The smallest absolute Gasteiger partial charge is 0.270 e. The van der Waals surface area contributed by atoms with Crippen molar-refractivity contribution in [2.24, 2.45) is 0 Å². The quantitative estimate of drug-likeness (QED) is 0.490. The SMILES string of the molecule is O=Cc1cc([N+](=O)[O-])ccc1N1CCN(c2ccccc2F)CC1. The van der Waals surface area contributed by atoms with E-state index in [1.807, 2.05) is 9.80 Å². The number of benzene rings is 2. The van der Waals surface area contributed by atoms with E-state index in [2.05, 4.69) is 0 Å². The standard InChI is InChI=1S/C17H16FN3O3/c18-15-3-1-2-4-17(15)20-9-7-19(8-10-20)16-6-5-14(21(23)24)11-13(16)12-22/h1-6,11-12H,7-10H2. The van der Waals surface area contributed by atoms with Gasteiger partial charge in [0.2, 0.25) is 0 Å². The van der Waals surface area contributed by atoms with Crippen LogP contribution in [-0.2, 0) is 0 Å². The molecule has 0 bridgehead atoms. The van der Waals surface area contributed by atoms with Crippen molar-refractivity contribution in [3.63, 3.8) is 0 Å². The minimum Gasteiger partial charge on any atom is -0.367 e. The Labute approximate surface area is 138 Å². The number of nitro groups is 1. The minimum atomic E-state index is -0.521. The summed E-state index contributed by atoms with van der Waals surface area (Å²) < 4.78 is 13.9. The van der Waals surface area contributed by atoms with Gasteiger partial charge in [0, 0.05) is 49.6 Å². The van der Waals surface area contributed by atoms with Crippen LogP contribution in [-0.4, -0.2) is 37.4 Å². The highest BCUT2D eigenvalue weighted by molar-refractivity contribution is 5.86. The van der Waals surface area contributed by atoms with E-state index in [4.69, 9.17) is 0 Å². The number of rotatable bonds is 4. The number of aldehydes is 1. The Bertz CT molecular complexity index is 773. The van der Waals surface area contributed by atoms with Gasteiger partial charge in [-0.25, -0.2) is 4.39 Å². The summed E-state index contributed by atoms with van der Waals surface area (Å²) in [5.74, 6) is -0.255. The fourth-order valence-corrected chi connectivity index (χ4v) is 2.93. The van der Waals surface area contributed by atoms with Gasteiger partial charge in [-0.1, -0.05) is 12.1 Å². The molecule has 1 aliphatic heterocycles. The molecule has 1 aliphatic rings. The molecule has 124 valence electrons. The number of piperazine rings is 1. The Kier molecular flexibility index (Phi) is 4.41. The van der Waals surface area contributed by atoms with Crippen LogP contribution in [0.1, 0.15) is 10.4 Å². The van der Waals surface area contributed by atoms with E-state index < -0.39 is 4.92 Å². The van der Waals surface area contributed by atoms with Crippen LogP contribution in [0.15, 0.2) is 42.5 Å². The molecule has 0 aliphatic carbocycles. The van der Waals surface area contributed by atoms with Crippen LogP contribution in [0.5, 0.6) is 0 Å². The molecule has 0 aromatic heterocycles. The fraction of sp³-hybridized carbons (Fsp3) is 0.235. The first kappa shape index (κ1) is 15.9. The third kappa shape index (κ3) is 3.05. The molecule has 2 aromatic rings.